The Balaban J connectivity index is 1.84. The molecular formula is C17H20N4O2. The van der Waals surface area contributed by atoms with Gasteiger partial charge in [0, 0.05) is 37.6 Å². The van der Waals surface area contributed by atoms with Gasteiger partial charge in [-0.2, -0.15) is 0 Å². The molecule has 0 saturated carbocycles. The SMILES string of the molecule is CCC(=O)NCc1cccc(NC(=O)NCc2ccncc2)c1. The number of hydrogen-bond donors (Lipinski definition) is 3. The van der Waals surface area contributed by atoms with Gasteiger partial charge >= 0.3 is 6.03 Å². The number of nitrogens with zero attached hydrogens (tertiary/aromatic N) is 1. The third kappa shape index (κ3) is 5.78. The van der Waals surface area contributed by atoms with Crippen LogP contribution in [-0.4, -0.2) is 16.9 Å². The predicted molar refractivity (Wildman–Crippen MR) is 88.7 cm³/mol. The Hall–Kier alpha value is -2.89. The van der Waals surface area contributed by atoms with Crippen LogP contribution in [0.2, 0.25) is 0 Å². The van der Waals surface area contributed by atoms with Gasteiger partial charge in [0.05, 0.1) is 0 Å². The highest BCUT2D eigenvalue weighted by Gasteiger charge is 2.03. The van der Waals surface area contributed by atoms with Crippen molar-refractivity contribution in [3.05, 3.63) is 59.9 Å². The highest BCUT2D eigenvalue weighted by molar-refractivity contribution is 5.89. The van der Waals surface area contributed by atoms with E-state index < -0.39 is 0 Å². The zero-order chi connectivity index (χ0) is 16.5. The van der Waals surface area contributed by atoms with Crippen LogP contribution >= 0.6 is 0 Å². The van der Waals surface area contributed by atoms with Gasteiger partial charge in [-0.3, -0.25) is 9.78 Å². The molecule has 1 aromatic carbocycles. The van der Waals surface area contributed by atoms with E-state index >= 15 is 0 Å². The minimum atomic E-state index is -0.281. The molecule has 0 aliphatic heterocycles. The quantitative estimate of drug-likeness (QED) is 0.766. The number of carbonyl (C=O) groups excluding carboxylic acids is 2. The topological polar surface area (TPSA) is 83.1 Å². The lowest BCUT2D eigenvalue weighted by Crippen LogP contribution is -2.28. The van der Waals surface area contributed by atoms with Gasteiger partial charge in [-0.25, -0.2) is 4.79 Å². The van der Waals surface area contributed by atoms with E-state index in [0.717, 1.165) is 11.1 Å². The number of urea groups is 1. The summed E-state index contributed by atoms with van der Waals surface area (Å²) < 4.78 is 0. The molecule has 3 N–H and O–H groups in total. The predicted octanol–water partition coefficient (Wildman–Crippen LogP) is 2.43. The van der Waals surface area contributed by atoms with E-state index in [9.17, 15) is 9.59 Å². The van der Waals surface area contributed by atoms with Gasteiger partial charge in [0.25, 0.3) is 0 Å². The summed E-state index contributed by atoms with van der Waals surface area (Å²) in [5.41, 5.74) is 2.59. The van der Waals surface area contributed by atoms with Gasteiger partial charge in [-0.05, 0) is 35.4 Å². The van der Waals surface area contributed by atoms with Gasteiger partial charge < -0.3 is 16.0 Å². The second kappa shape index (κ2) is 8.53. The van der Waals surface area contributed by atoms with Crippen LogP contribution in [0.25, 0.3) is 0 Å². The van der Waals surface area contributed by atoms with Crippen molar-refractivity contribution in [2.75, 3.05) is 5.32 Å². The molecule has 1 aromatic heterocycles. The molecule has 3 amide bonds. The first kappa shape index (κ1) is 16.5. The van der Waals surface area contributed by atoms with E-state index in [1.807, 2.05) is 30.3 Å². The van der Waals surface area contributed by atoms with Gasteiger partial charge in [0.1, 0.15) is 0 Å². The molecule has 0 bridgehead atoms. The Morgan fingerprint density at radius 2 is 1.74 bits per heavy atom. The van der Waals surface area contributed by atoms with E-state index in [-0.39, 0.29) is 11.9 Å². The van der Waals surface area contributed by atoms with E-state index in [1.54, 1.807) is 25.4 Å². The van der Waals surface area contributed by atoms with Crippen molar-refractivity contribution in [1.82, 2.24) is 15.6 Å². The summed E-state index contributed by atoms with van der Waals surface area (Å²) >= 11 is 0. The van der Waals surface area contributed by atoms with Crippen LogP contribution in [0.4, 0.5) is 10.5 Å². The molecule has 0 saturated heterocycles. The molecule has 0 unspecified atom stereocenters. The van der Waals surface area contributed by atoms with Crippen LogP contribution in [0, 0.1) is 0 Å². The molecule has 120 valence electrons. The molecule has 6 heteroatoms. The molecule has 0 atom stereocenters. The fraction of sp³-hybridized carbons (Fsp3) is 0.235. The maximum atomic E-state index is 11.9. The molecule has 0 radical (unpaired) electrons. The maximum Gasteiger partial charge on any atom is 0.319 e. The smallest absolute Gasteiger partial charge is 0.319 e. The van der Waals surface area contributed by atoms with Crippen molar-refractivity contribution >= 4 is 17.6 Å². The molecule has 0 fully saturated rings. The van der Waals surface area contributed by atoms with Crippen LogP contribution in [0.5, 0.6) is 0 Å². The van der Waals surface area contributed by atoms with E-state index in [4.69, 9.17) is 0 Å². The largest absolute Gasteiger partial charge is 0.352 e. The standard InChI is InChI=1S/C17H20N4O2/c1-2-16(22)19-12-14-4-3-5-15(10-14)21-17(23)20-11-13-6-8-18-9-7-13/h3-10H,2,11-12H2,1H3,(H,19,22)(H2,20,21,23). The minimum Gasteiger partial charge on any atom is -0.352 e. The number of carbonyl (C=O) groups is 2. The maximum absolute atomic E-state index is 11.9. The Labute approximate surface area is 135 Å². The molecule has 0 aliphatic rings. The number of benzene rings is 1. The first-order chi connectivity index (χ1) is 11.2. The molecule has 6 nitrogen and oxygen atoms in total. The van der Waals surface area contributed by atoms with Crippen LogP contribution in [0.15, 0.2) is 48.8 Å². The Morgan fingerprint density at radius 3 is 2.48 bits per heavy atom. The number of aromatic nitrogens is 1. The van der Waals surface area contributed by atoms with Crippen LogP contribution in [0.3, 0.4) is 0 Å². The lowest BCUT2D eigenvalue weighted by molar-refractivity contribution is -0.120. The van der Waals surface area contributed by atoms with E-state index in [1.165, 1.54) is 0 Å². The van der Waals surface area contributed by atoms with Crippen molar-refractivity contribution in [2.45, 2.75) is 26.4 Å². The highest BCUT2D eigenvalue weighted by Crippen LogP contribution is 2.10. The van der Waals surface area contributed by atoms with Crippen molar-refractivity contribution in [2.24, 2.45) is 0 Å². The van der Waals surface area contributed by atoms with Crippen molar-refractivity contribution in [3.8, 4) is 0 Å². The Bertz CT molecular complexity index is 659. The van der Waals surface area contributed by atoms with Crippen molar-refractivity contribution in [1.29, 1.82) is 0 Å². The van der Waals surface area contributed by atoms with Crippen molar-refractivity contribution in [3.63, 3.8) is 0 Å². The fourth-order valence-corrected chi connectivity index (χ4v) is 1.94. The number of amides is 3. The summed E-state index contributed by atoms with van der Waals surface area (Å²) in [5, 5.41) is 8.36. The zero-order valence-electron chi connectivity index (χ0n) is 13.0. The Kier molecular flexibility index (Phi) is 6.11. The van der Waals surface area contributed by atoms with Gasteiger partial charge in [0.15, 0.2) is 0 Å². The summed E-state index contributed by atoms with van der Waals surface area (Å²) in [6, 6.07) is 10.8. The minimum absolute atomic E-state index is 0.00143. The molecule has 0 spiro atoms. The molecule has 0 aliphatic carbocycles. The lowest BCUT2D eigenvalue weighted by Gasteiger charge is -2.09. The lowest BCUT2D eigenvalue weighted by atomic mass is 10.2. The van der Waals surface area contributed by atoms with Crippen LogP contribution < -0.4 is 16.0 Å². The normalized spacial score (nSPS) is 9.96. The summed E-state index contributed by atoms with van der Waals surface area (Å²) in [4.78, 5) is 27.1. The van der Waals surface area contributed by atoms with E-state index in [0.29, 0.717) is 25.2 Å². The second-order valence-corrected chi connectivity index (χ2v) is 4.99. The number of hydrogen-bond acceptors (Lipinski definition) is 3. The summed E-state index contributed by atoms with van der Waals surface area (Å²) in [5.74, 6) is -0.00143. The molecule has 2 rings (SSSR count). The van der Waals surface area contributed by atoms with Crippen LogP contribution in [0.1, 0.15) is 24.5 Å². The average molecular weight is 312 g/mol. The third-order valence-corrected chi connectivity index (χ3v) is 3.20. The van der Waals surface area contributed by atoms with Crippen LogP contribution in [-0.2, 0) is 17.9 Å². The van der Waals surface area contributed by atoms with Crippen molar-refractivity contribution < 1.29 is 9.59 Å². The summed E-state index contributed by atoms with van der Waals surface area (Å²) in [6.45, 7) is 2.68. The zero-order valence-corrected chi connectivity index (χ0v) is 13.0. The second-order valence-electron chi connectivity index (χ2n) is 4.99. The fourth-order valence-electron chi connectivity index (χ4n) is 1.94. The van der Waals surface area contributed by atoms with Gasteiger partial charge in [-0.1, -0.05) is 19.1 Å². The molecule has 1 heterocycles. The molecule has 2 aromatic rings. The number of nitrogens with one attached hydrogen (secondary N) is 3. The Morgan fingerprint density at radius 1 is 1.00 bits per heavy atom. The first-order valence-electron chi connectivity index (χ1n) is 7.46. The highest BCUT2D eigenvalue weighted by atomic mass is 16.2. The first-order valence-corrected chi connectivity index (χ1v) is 7.46. The van der Waals surface area contributed by atoms with Gasteiger partial charge in [0.2, 0.25) is 5.91 Å². The molecule has 23 heavy (non-hydrogen) atoms. The van der Waals surface area contributed by atoms with E-state index in [2.05, 4.69) is 20.9 Å². The summed E-state index contributed by atoms with van der Waals surface area (Å²) in [6.07, 6.45) is 3.82. The van der Waals surface area contributed by atoms with Gasteiger partial charge in [-0.15, -0.1) is 0 Å². The number of pyridine rings is 1. The molecular weight excluding hydrogens is 292 g/mol. The summed E-state index contributed by atoms with van der Waals surface area (Å²) in [7, 11) is 0. The average Bonchev–Trinajstić information content (AvgIpc) is 2.59. The number of anilines is 1. The number of rotatable bonds is 6. The third-order valence-electron chi connectivity index (χ3n) is 3.20. The monoisotopic (exact) mass is 312 g/mol.